The number of rotatable bonds is 7. The van der Waals surface area contributed by atoms with E-state index in [4.69, 9.17) is 5.26 Å². The predicted octanol–water partition coefficient (Wildman–Crippen LogP) is 3.59. The van der Waals surface area contributed by atoms with Gasteiger partial charge in [-0.05, 0) is 50.8 Å². The van der Waals surface area contributed by atoms with Gasteiger partial charge >= 0.3 is 0 Å². The molecule has 0 radical (unpaired) electrons. The van der Waals surface area contributed by atoms with Crippen LogP contribution in [0.2, 0.25) is 0 Å². The molecule has 1 aromatic carbocycles. The first-order chi connectivity index (χ1) is 13.1. The van der Waals surface area contributed by atoms with Crippen LogP contribution in [0.4, 0.5) is 11.4 Å². The van der Waals surface area contributed by atoms with Crippen molar-refractivity contribution in [1.82, 2.24) is 9.78 Å². The maximum atomic E-state index is 12.6. The van der Waals surface area contributed by atoms with Gasteiger partial charge in [0.25, 0.3) is 0 Å². The van der Waals surface area contributed by atoms with Gasteiger partial charge in [0, 0.05) is 25.2 Å². The van der Waals surface area contributed by atoms with Crippen LogP contribution in [-0.4, -0.2) is 28.8 Å². The zero-order valence-corrected chi connectivity index (χ0v) is 16.2. The second-order valence-corrected chi connectivity index (χ2v) is 7.04. The Hall–Kier alpha value is -2.81. The van der Waals surface area contributed by atoms with E-state index in [-0.39, 0.29) is 5.91 Å². The van der Waals surface area contributed by atoms with E-state index >= 15 is 0 Å². The molecule has 2 aromatic rings. The van der Waals surface area contributed by atoms with Gasteiger partial charge in [-0.15, -0.1) is 0 Å². The lowest BCUT2D eigenvalue weighted by Crippen LogP contribution is -2.21. The first-order valence-electron chi connectivity index (χ1n) is 9.64. The molecule has 0 bridgehead atoms. The zero-order valence-electron chi connectivity index (χ0n) is 16.2. The maximum absolute atomic E-state index is 12.6. The van der Waals surface area contributed by atoms with Crippen molar-refractivity contribution in [3.05, 3.63) is 41.2 Å². The van der Waals surface area contributed by atoms with Crippen LogP contribution in [0.3, 0.4) is 0 Å². The van der Waals surface area contributed by atoms with Gasteiger partial charge in [-0.2, -0.15) is 10.4 Å². The number of carbonyl (C=O) groups excluding carboxylic acids is 1. The van der Waals surface area contributed by atoms with Gasteiger partial charge in [0.15, 0.2) is 0 Å². The number of hydrogen-bond donors (Lipinski definition) is 1. The first-order valence-corrected chi connectivity index (χ1v) is 9.64. The Morgan fingerprint density at radius 2 is 2.00 bits per heavy atom. The molecule has 1 saturated heterocycles. The molecular weight excluding hydrogens is 338 g/mol. The van der Waals surface area contributed by atoms with E-state index in [1.807, 2.05) is 36.7 Å². The van der Waals surface area contributed by atoms with Gasteiger partial charge in [0.1, 0.15) is 0 Å². The van der Waals surface area contributed by atoms with Crippen molar-refractivity contribution in [3.63, 3.8) is 0 Å². The van der Waals surface area contributed by atoms with E-state index in [1.165, 1.54) is 12.8 Å². The largest absolute Gasteiger partial charge is 0.370 e. The molecule has 0 spiro atoms. The van der Waals surface area contributed by atoms with Crippen molar-refractivity contribution >= 4 is 17.3 Å². The topological polar surface area (TPSA) is 73.9 Å². The number of hydrogen-bond acceptors (Lipinski definition) is 4. The number of nitrogens with zero attached hydrogens (tertiary/aromatic N) is 4. The molecule has 0 saturated carbocycles. The number of para-hydroxylation sites is 2. The summed E-state index contributed by atoms with van der Waals surface area (Å²) in [6.45, 7) is 6.66. The van der Waals surface area contributed by atoms with E-state index in [0.717, 1.165) is 41.4 Å². The standard InChI is InChI=1S/C21H27N5O/c1-16-18(17(2)26(24-16)15-7-12-22)10-11-21(27)23-19-8-3-4-9-20(19)25-13-5-6-14-25/h3-4,8-9H,5-7,10-11,13-15H2,1-2H3,(H,23,27). The molecule has 0 unspecified atom stereocenters. The number of aryl methyl sites for hydroxylation is 2. The molecule has 1 aromatic heterocycles. The molecule has 1 N–H and O–H groups in total. The van der Waals surface area contributed by atoms with E-state index in [9.17, 15) is 4.79 Å². The van der Waals surface area contributed by atoms with Crippen molar-refractivity contribution in [2.24, 2.45) is 0 Å². The van der Waals surface area contributed by atoms with Gasteiger partial charge in [0.05, 0.1) is 36.1 Å². The third-order valence-electron chi connectivity index (χ3n) is 5.19. The van der Waals surface area contributed by atoms with Crippen LogP contribution in [-0.2, 0) is 17.8 Å². The van der Waals surface area contributed by atoms with Crippen LogP contribution in [0.5, 0.6) is 0 Å². The van der Waals surface area contributed by atoms with Gasteiger partial charge in [-0.1, -0.05) is 12.1 Å². The SMILES string of the molecule is Cc1nn(CCC#N)c(C)c1CCC(=O)Nc1ccccc1N1CCCC1. The highest BCUT2D eigenvalue weighted by Crippen LogP contribution is 2.28. The Balaban J connectivity index is 1.63. The summed E-state index contributed by atoms with van der Waals surface area (Å²) >= 11 is 0. The van der Waals surface area contributed by atoms with E-state index in [0.29, 0.717) is 25.8 Å². The van der Waals surface area contributed by atoms with Crippen LogP contribution in [0.15, 0.2) is 24.3 Å². The minimum absolute atomic E-state index is 0.0187. The summed E-state index contributed by atoms with van der Waals surface area (Å²) in [5.41, 5.74) is 5.10. The van der Waals surface area contributed by atoms with Crippen molar-refractivity contribution in [2.45, 2.75) is 52.5 Å². The molecule has 3 rings (SSSR count). The fraction of sp³-hybridized carbons (Fsp3) is 0.476. The first kappa shape index (κ1) is 19.0. The molecule has 142 valence electrons. The summed E-state index contributed by atoms with van der Waals surface area (Å²) < 4.78 is 1.87. The Labute approximate surface area is 160 Å². The highest BCUT2D eigenvalue weighted by molar-refractivity contribution is 5.94. The number of nitriles is 1. The quantitative estimate of drug-likeness (QED) is 0.814. The second-order valence-electron chi connectivity index (χ2n) is 7.04. The monoisotopic (exact) mass is 365 g/mol. The van der Waals surface area contributed by atoms with Gasteiger partial charge < -0.3 is 10.2 Å². The van der Waals surface area contributed by atoms with Crippen molar-refractivity contribution in [1.29, 1.82) is 5.26 Å². The molecule has 1 amide bonds. The number of benzene rings is 1. The highest BCUT2D eigenvalue weighted by atomic mass is 16.1. The summed E-state index contributed by atoms with van der Waals surface area (Å²) in [5, 5.41) is 16.4. The van der Waals surface area contributed by atoms with Crippen molar-refractivity contribution < 1.29 is 4.79 Å². The number of aromatic nitrogens is 2. The molecule has 0 atom stereocenters. The average Bonchev–Trinajstić information content (AvgIpc) is 3.28. The fourth-order valence-corrected chi connectivity index (χ4v) is 3.73. The minimum atomic E-state index is 0.0187. The van der Waals surface area contributed by atoms with Crippen LogP contribution >= 0.6 is 0 Å². The van der Waals surface area contributed by atoms with Gasteiger partial charge in [-0.25, -0.2) is 0 Å². The number of amides is 1. The zero-order chi connectivity index (χ0) is 19.2. The molecule has 2 heterocycles. The van der Waals surface area contributed by atoms with Crippen LogP contribution in [0.25, 0.3) is 0 Å². The molecular formula is C21H27N5O. The summed E-state index contributed by atoms with van der Waals surface area (Å²) in [6, 6.07) is 10.2. The smallest absolute Gasteiger partial charge is 0.224 e. The van der Waals surface area contributed by atoms with Crippen molar-refractivity contribution in [3.8, 4) is 6.07 Å². The normalized spacial score (nSPS) is 13.6. The van der Waals surface area contributed by atoms with Gasteiger partial charge in [-0.3, -0.25) is 9.48 Å². The van der Waals surface area contributed by atoms with Gasteiger partial charge in [0.2, 0.25) is 5.91 Å². The van der Waals surface area contributed by atoms with E-state index in [2.05, 4.69) is 27.5 Å². The second kappa shape index (κ2) is 8.72. The van der Waals surface area contributed by atoms with E-state index in [1.54, 1.807) is 0 Å². The Kier molecular flexibility index (Phi) is 6.12. The lowest BCUT2D eigenvalue weighted by atomic mass is 10.1. The fourth-order valence-electron chi connectivity index (χ4n) is 3.73. The summed E-state index contributed by atoms with van der Waals surface area (Å²) in [4.78, 5) is 14.9. The van der Waals surface area contributed by atoms with Crippen LogP contribution < -0.4 is 10.2 Å². The van der Waals surface area contributed by atoms with Crippen LogP contribution in [0.1, 0.15) is 42.6 Å². The number of anilines is 2. The Bertz CT molecular complexity index is 843. The highest BCUT2D eigenvalue weighted by Gasteiger charge is 2.17. The van der Waals surface area contributed by atoms with Crippen LogP contribution in [0, 0.1) is 25.2 Å². The third kappa shape index (κ3) is 4.48. The Morgan fingerprint density at radius 1 is 1.26 bits per heavy atom. The molecule has 1 aliphatic rings. The summed E-state index contributed by atoms with van der Waals surface area (Å²) in [7, 11) is 0. The molecule has 6 nitrogen and oxygen atoms in total. The number of nitrogens with one attached hydrogen (secondary N) is 1. The molecule has 1 fully saturated rings. The van der Waals surface area contributed by atoms with Crippen molar-refractivity contribution in [2.75, 3.05) is 23.3 Å². The Morgan fingerprint density at radius 3 is 2.74 bits per heavy atom. The lowest BCUT2D eigenvalue weighted by Gasteiger charge is -2.21. The maximum Gasteiger partial charge on any atom is 0.224 e. The molecule has 1 aliphatic heterocycles. The summed E-state index contributed by atoms with van der Waals surface area (Å²) in [5.74, 6) is 0.0187. The van der Waals surface area contributed by atoms with E-state index < -0.39 is 0 Å². The molecule has 6 heteroatoms. The third-order valence-corrected chi connectivity index (χ3v) is 5.19. The number of carbonyl (C=O) groups is 1. The minimum Gasteiger partial charge on any atom is -0.370 e. The summed E-state index contributed by atoms with van der Waals surface area (Å²) in [6.07, 6.45) is 3.92. The molecule has 27 heavy (non-hydrogen) atoms. The lowest BCUT2D eigenvalue weighted by molar-refractivity contribution is -0.116. The predicted molar refractivity (Wildman–Crippen MR) is 107 cm³/mol. The average molecular weight is 365 g/mol. The molecule has 0 aliphatic carbocycles.